The van der Waals surface area contributed by atoms with Crippen molar-refractivity contribution in [3.05, 3.63) is 53.6 Å². The van der Waals surface area contributed by atoms with E-state index in [1.807, 2.05) is 32.0 Å². The van der Waals surface area contributed by atoms with Crippen molar-refractivity contribution in [2.45, 2.75) is 50.5 Å². The molecule has 33 heavy (non-hydrogen) atoms. The van der Waals surface area contributed by atoms with Crippen molar-refractivity contribution in [1.82, 2.24) is 10.0 Å². The monoisotopic (exact) mass is 472 g/mol. The van der Waals surface area contributed by atoms with Gasteiger partial charge in [-0.25, -0.2) is 13.1 Å². The number of fused-ring (bicyclic) bond motifs is 1. The molecule has 0 spiro atoms. The number of carbonyl (C=O) groups is 1. The smallest absolute Gasteiger partial charge is 0.240 e. The van der Waals surface area contributed by atoms with Crippen LogP contribution in [0, 0.1) is 18.8 Å². The van der Waals surface area contributed by atoms with Crippen LogP contribution in [0.1, 0.15) is 49.8 Å². The molecule has 1 heterocycles. The van der Waals surface area contributed by atoms with Crippen LogP contribution in [0.3, 0.4) is 0 Å². The second kappa shape index (κ2) is 10.1. The summed E-state index contributed by atoms with van der Waals surface area (Å²) in [6, 6.07) is 12.5. The van der Waals surface area contributed by atoms with E-state index in [0.717, 1.165) is 42.6 Å². The third kappa shape index (κ3) is 5.86. The van der Waals surface area contributed by atoms with Crippen LogP contribution in [0.2, 0.25) is 0 Å². The predicted molar refractivity (Wildman–Crippen MR) is 126 cm³/mol. The highest BCUT2D eigenvalue weighted by Crippen LogP contribution is 2.33. The maximum absolute atomic E-state index is 12.8. The first kappa shape index (κ1) is 23.6. The minimum atomic E-state index is -3.51. The van der Waals surface area contributed by atoms with Gasteiger partial charge in [0.15, 0.2) is 11.5 Å². The van der Waals surface area contributed by atoms with Crippen molar-refractivity contribution in [2.24, 2.45) is 11.8 Å². The topological polar surface area (TPSA) is 93.7 Å². The zero-order valence-corrected chi connectivity index (χ0v) is 20.0. The molecular formula is C25H32N2O5S. The van der Waals surface area contributed by atoms with Gasteiger partial charge in [0, 0.05) is 12.5 Å². The van der Waals surface area contributed by atoms with Crippen molar-refractivity contribution in [3.8, 4) is 11.5 Å². The average Bonchev–Trinajstić information content (AvgIpc) is 2.83. The van der Waals surface area contributed by atoms with Crippen LogP contribution in [0.4, 0.5) is 0 Å². The maximum Gasteiger partial charge on any atom is 0.240 e. The Morgan fingerprint density at radius 3 is 2.36 bits per heavy atom. The Balaban J connectivity index is 1.24. The number of hydrogen-bond acceptors (Lipinski definition) is 5. The van der Waals surface area contributed by atoms with Gasteiger partial charge in [0.2, 0.25) is 15.9 Å². The Hall–Kier alpha value is -2.58. The van der Waals surface area contributed by atoms with Gasteiger partial charge in [-0.05, 0) is 75.3 Å². The minimum absolute atomic E-state index is 0.0467. The van der Waals surface area contributed by atoms with E-state index >= 15 is 0 Å². The van der Waals surface area contributed by atoms with Gasteiger partial charge in [0.1, 0.15) is 13.2 Å². The lowest BCUT2D eigenvalue weighted by Crippen LogP contribution is -2.37. The Bertz CT molecular complexity index is 1080. The van der Waals surface area contributed by atoms with E-state index < -0.39 is 10.0 Å². The van der Waals surface area contributed by atoms with Gasteiger partial charge in [0.05, 0.1) is 10.9 Å². The van der Waals surface area contributed by atoms with E-state index in [4.69, 9.17) is 9.47 Å². The number of aryl methyl sites for hydroxylation is 1. The van der Waals surface area contributed by atoms with Gasteiger partial charge in [-0.3, -0.25) is 4.79 Å². The van der Waals surface area contributed by atoms with Gasteiger partial charge in [-0.1, -0.05) is 23.8 Å². The van der Waals surface area contributed by atoms with E-state index in [-0.39, 0.29) is 28.7 Å². The lowest BCUT2D eigenvalue weighted by Gasteiger charge is -2.29. The fourth-order valence-corrected chi connectivity index (χ4v) is 5.52. The van der Waals surface area contributed by atoms with Crippen LogP contribution in [0.15, 0.2) is 47.4 Å². The molecule has 2 aromatic carbocycles. The van der Waals surface area contributed by atoms with E-state index in [1.165, 1.54) is 0 Å². The van der Waals surface area contributed by atoms with E-state index in [1.54, 1.807) is 24.3 Å². The highest BCUT2D eigenvalue weighted by molar-refractivity contribution is 7.89. The van der Waals surface area contributed by atoms with Crippen LogP contribution in [-0.2, 0) is 14.8 Å². The number of carbonyl (C=O) groups excluding carboxylic acids is 1. The molecule has 0 aromatic heterocycles. The summed E-state index contributed by atoms with van der Waals surface area (Å²) in [6.45, 7) is 5.37. The number of amides is 1. The summed E-state index contributed by atoms with van der Waals surface area (Å²) in [5.74, 6) is 1.70. The molecule has 0 bridgehead atoms. The van der Waals surface area contributed by atoms with E-state index in [0.29, 0.717) is 25.5 Å². The second-order valence-corrected chi connectivity index (χ2v) is 10.8. The molecule has 2 aromatic rings. The molecular weight excluding hydrogens is 440 g/mol. The molecule has 1 atom stereocenters. The predicted octanol–water partition coefficient (Wildman–Crippen LogP) is 3.73. The van der Waals surface area contributed by atoms with Crippen molar-refractivity contribution in [2.75, 3.05) is 19.8 Å². The summed E-state index contributed by atoms with van der Waals surface area (Å²) in [4.78, 5) is 13.1. The van der Waals surface area contributed by atoms with Crippen molar-refractivity contribution < 1.29 is 22.7 Å². The summed E-state index contributed by atoms with van der Waals surface area (Å²) in [6.07, 6.45) is 3.17. The summed E-state index contributed by atoms with van der Waals surface area (Å²) >= 11 is 0. The first-order valence-corrected chi connectivity index (χ1v) is 13.1. The molecule has 0 saturated heterocycles. The Labute approximate surface area is 195 Å². The number of sulfonamides is 1. The molecule has 7 nitrogen and oxygen atoms in total. The molecule has 2 aliphatic rings. The Morgan fingerprint density at radius 2 is 1.67 bits per heavy atom. The molecule has 1 aliphatic carbocycles. The van der Waals surface area contributed by atoms with Gasteiger partial charge in [0.25, 0.3) is 0 Å². The van der Waals surface area contributed by atoms with Gasteiger partial charge >= 0.3 is 0 Å². The van der Waals surface area contributed by atoms with Gasteiger partial charge in [-0.15, -0.1) is 0 Å². The highest BCUT2D eigenvalue weighted by atomic mass is 32.2. The summed E-state index contributed by atoms with van der Waals surface area (Å²) in [5, 5.41) is 3.12. The summed E-state index contributed by atoms with van der Waals surface area (Å²) in [7, 11) is -3.51. The van der Waals surface area contributed by atoms with Crippen LogP contribution >= 0.6 is 0 Å². The van der Waals surface area contributed by atoms with Crippen LogP contribution < -0.4 is 19.5 Å². The van der Waals surface area contributed by atoms with E-state index in [9.17, 15) is 13.2 Å². The highest BCUT2D eigenvalue weighted by Gasteiger charge is 2.28. The quantitative estimate of drug-likeness (QED) is 0.641. The van der Waals surface area contributed by atoms with E-state index in [2.05, 4.69) is 10.0 Å². The lowest BCUT2D eigenvalue weighted by atomic mass is 9.81. The van der Waals surface area contributed by atoms with Gasteiger partial charge < -0.3 is 14.8 Å². The summed E-state index contributed by atoms with van der Waals surface area (Å²) in [5.41, 5.74) is 2.00. The zero-order chi connectivity index (χ0) is 23.4. The molecule has 8 heteroatoms. The van der Waals surface area contributed by atoms with Crippen LogP contribution in [-0.4, -0.2) is 34.1 Å². The molecule has 1 aliphatic heterocycles. The standard InChI is InChI=1S/C25H32N2O5S/c1-17-3-10-22(11-4-17)33(29,30)26-16-19-5-7-20(8-6-19)25(28)27-18(2)21-9-12-23-24(15-21)32-14-13-31-23/h3-4,9-12,15,18-20,26H,5-8,13-14,16H2,1-2H3,(H,27,28). The van der Waals surface area contributed by atoms with Crippen LogP contribution in [0.5, 0.6) is 11.5 Å². The molecule has 2 N–H and O–H groups in total. The fraction of sp³-hybridized carbons (Fsp3) is 0.480. The molecule has 1 saturated carbocycles. The maximum atomic E-state index is 12.8. The first-order chi connectivity index (χ1) is 15.8. The fourth-order valence-electron chi connectivity index (χ4n) is 4.40. The molecule has 1 unspecified atom stereocenters. The minimum Gasteiger partial charge on any atom is -0.486 e. The summed E-state index contributed by atoms with van der Waals surface area (Å²) < 4.78 is 39.0. The van der Waals surface area contributed by atoms with Gasteiger partial charge in [-0.2, -0.15) is 0 Å². The number of ether oxygens (including phenoxy) is 2. The third-order valence-electron chi connectivity index (χ3n) is 6.54. The lowest BCUT2D eigenvalue weighted by molar-refractivity contribution is -0.126. The Morgan fingerprint density at radius 1 is 1.00 bits per heavy atom. The van der Waals surface area contributed by atoms with Crippen molar-refractivity contribution in [1.29, 1.82) is 0 Å². The van der Waals surface area contributed by atoms with Crippen molar-refractivity contribution >= 4 is 15.9 Å². The zero-order valence-electron chi connectivity index (χ0n) is 19.2. The number of nitrogens with one attached hydrogen (secondary N) is 2. The SMILES string of the molecule is Cc1ccc(S(=O)(=O)NCC2CCC(C(=O)NC(C)c3ccc4c(c3)OCCO4)CC2)cc1. The number of benzene rings is 2. The number of hydrogen-bond donors (Lipinski definition) is 2. The Kier molecular flexibility index (Phi) is 7.24. The second-order valence-electron chi connectivity index (χ2n) is 9.02. The molecule has 1 fully saturated rings. The average molecular weight is 473 g/mol. The normalized spacial score (nSPS) is 21.3. The number of rotatable bonds is 7. The molecule has 0 radical (unpaired) electrons. The molecule has 178 valence electrons. The molecule has 1 amide bonds. The third-order valence-corrected chi connectivity index (χ3v) is 7.98. The van der Waals surface area contributed by atoms with Crippen molar-refractivity contribution in [3.63, 3.8) is 0 Å². The molecule has 4 rings (SSSR count). The van der Waals surface area contributed by atoms with Crippen LogP contribution in [0.25, 0.3) is 0 Å². The largest absolute Gasteiger partial charge is 0.486 e. The first-order valence-electron chi connectivity index (χ1n) is 11.6.